The number of aromatic nitrogens is 3. The second-order valence-electron chi connectivity index (χ2n) is 4.86. The normalized spacial score (nSPS) is 19.1. The van der Waals surface area contributed by atoms with E-state index in [1.54, 1.807) is 25.4 Å². The van der Waals surface area contributed by atoms with Crippen molar-refractivity contribution in [3.63, 3.8) is 0 Å². The maximum Gasteiger partial charge on any atom is 0.331 e. The highest BCUT2D eigenvalue weighted by Crippen LogP contribution is 2.13. The number of rotatable bonds is 2. The molecule has 1 aliphatic rings. The van der Waals surface area contributed by atoms with Gasteiger partial charge in [-0.15, -0.1) is 0 Å². The van der Waals surface area contributed by atoms with Crippen molar-refractivity contribution in [3.8, 4) is 0 Å². The molecule has 0 aromatic carbocycles. The SMILES string of the molecule is Cn1c(=O)n(CC2CCOC2)c(=O)c2ncccc21. The summed E-state index contributed by atoms with van der Waals surface area (Å²) >= 11 is 0. The van der Waals surface area contributed by atoms with Gasteiger partial charge in [0.15, 0.2) is 5.52 Å². The highest BCUT2D eigenvalue weighted by molar-refractivity contribution is 5.72. The molecule has 0 spiro atoms. The lowest BCUT2D eigenvalue weighted by molar-refractivity contribution is 0.182. The van der Waals surface area contributed by atoms with Crippen LogP contribution >= 0.6 is 0 Å². The lowest BCUT2D eigenvalue weighted by atomic mass is 10.1. The van der Waals surface area contributed by atoms with Gasteiger partial charge in [0, 0.05) is 32.3 Å². The van der Waals surface area contributed by atoms with Crippen molar-refractivity contribution < 1.29 is 4.74 Å². The largest absolute Gasteiger partial charge is 0.381 e. The number of pyridine rings is 1. The van der Waals surface area contributed by atoms with Gasteiger partial charge in [-0.05, 0) is 18.6 Å². The molecule has 19 heavy (non-hydrogen) atoms. The third-order valence-corrected chi connectivity index (χ3v) is 3.58. The molecule has 3 rings (SSSR count). The molecular weight excluding hydrogens is 246 g/mol. The monoisotopic (exact) mass is 261 g/mol. The van der Waals surface area contributed by atoms with Gasteiger partial charge in [-0.25, -0.2) is 9.78 Å². The van der Waals surface area contributed by atoms with Crippen molar-refractivity contribution >= 4 is 11.0 Å². The Morgan fingerprint density at radius 3 is 3.05 bits per heavy atom. The Hall–Kier alpha value is -1.95. The van der Waals surface area contributed by atoms with Crippen LogP contribution in [0.4, 0.5) is 0 Å². The first-order valence-electron chi connectivity index (χ1n) is 6.31. The molecule has 0 saturated carbocycles. The zero-order valence-corrected chi connectivity index (χ0v) is 10.7. The highest BCUT2D eigenvalue weighted by atomic mass is 16.5. The van der Waals surface area contributed by atoms with Crippen molar-refractivity contribution in [2.75, 3.05) is 13.2 Å². The number of fused-ring (bicyclic) bond motifs is 1. The van der Waals surface area contributed by atoms with Crippen molar-refractivity contribution in [1.29, 1.82) is 0 Å². The Morgan fingerprint density at radius 1 is 1.47 bits per heavy atom. The van der Waals surface area contributed by atoms with E-state index in [1.807, 2.05) is 0 Å². The zero-order valence-electron chi connectivity index (χ0n) is 10.7. The average molecular weight is 261 g/mol. The Bertz CT molecular complexity index is 726. The van der Waals surface area contributed by atoms with Crippen LogP contribution in [-0.2, 0) is 18.3 Å². The minimum absolute atomic E-state index is 0.228. The van der Waals surface area contributed by atoms with Gasteiger partial charge in [-0.2, -0.15) is 0 Å². The smallest absolute Gasteiger partial charge is 0.331 e. The van der Waals surface area contributed by atoms with Crippen molar-refractivity contribution in [2.45, 2.75) is 13.0 Å². The van der Waals surface area contributed by atoms with Gasteiger partial charge >= 0.3 is 5.69 Å². The Labute approximate surface area is 109 Å². The Kier molecular flexibility index (Phi) is 2.94. The first kappa shape index (κ1) is 12.1. The number of aryl methyl sites for hydroxylation is 1. The predicted octanol–water partition coefficient (Wildman–Crippen LogP) is 0.132. The summed E-state index contributed by atoms with van der Waals surface area (Å²) in [6.45, 7) is 1.71. The van der Waals surface area contributed by atoms with Gasteiger partial charge in [0.05, 0.1) is 12.1 Å². The number of hydrogen-bond acceptors (Lipinski definition) is 4. The minimum Gasteiger partial charge on any atom is -0.381 e. The van der Waals surface area contributed by atoms with E-state index in [2.05, 4.69) is 4.98 Å². The molecule has 100 valence electrons. The maximum absolute atomic E-state index is 12.3. The summed E-state index contributed by atoms with van der Waals surface area (Å²) in [5.74, 6) is 0.228. The summed E-state index contributed by atoms with van der Waals surface area (Å²) in [5.41, 5.74) is 0.294. The summed E-state index contributed by atoms with van der Waals surface area (Å²) in [6.07, 6.45) is 2.45. The van der Waals surface area contributed by atoms with Crippen LogP contribution in [0.2, 0.25) is 0 Å². The first-order valence-corrected chi connectivity index (χ1v) is 6.31. The van der Waals surface area contributed by atoms with Crippen LogP contribution in [0.3, 0.4) is 0 Å². The topological polar surface area (TPSA) is 66.1 Å². The third-order valence-electron chi connectivity index (χ3n) is 3.58. The fraction of sp³-hybridized carbons (Fsp3) is 0.462. The Balaban J connectivity index is 2.18. The molecule has 1 atom stereocenters. The van der Waals surface area contributed by atoms with E-state index in [0.29, 0.717) is 30.8 Å². The van der Waals surface area contributed by atoms with Gasteiger partial charge in [0.1, 0.15) is 0 Å². The zero-order chi connectivity index (χ0) is 13.4. The van der Waals surface area contributed by atoms with E-state index >= 15 is 0 Å². The molecule has 0 N–H and O–H groups in total. The van der Waals surface area contributed by atoms with Crippen LogP contribution in [0.25, 0.3) is 11.0 Å². The van der Waals surface area contributed by atoms with Gasteiger partial charge in [-0.1, -0.05) is 0 Å². The van der Waals surface area contributed by atoms with E-state index in [-0.39, 0.29) is 17.2 Å². The number of ether oxygens (including phenoxy) is 1. The summed E-state index contributed by atoms with van der Waals surface area (Å²) in [5, 5.41) is 0. The van der Waals surface area contributed by atoms with Crippen LogP contribution in [0.5, 0.6) is 0 Å². The summed E-state index contributed by atoms with van der Waals surface area (Å²) in [4.78, 5) is 28.7. The van der Waals surface area contributed by atoms with E-state index in [4.69, 9.17) is 4.74 Å². The van der Waals surface area contributed by atoms with Crippen LogP contribution in [0, 0.1) is 5.92 Å². The van der Waals surface area contributed by atoms with E-state index < -0.39 is 0 Å². The van der Waals surface area contributed by atoms with Gasteiger partial charge in [-0.3, -0.25) is 13.9 Å². The van der Waals surface area contributed by atoms with E-state index in [9.17, 15) is 9.59 Å². The molecule has 1 fully saturated rings. The van der Waals surface area contributed by atoms with Gasteiger partial charge < -0.3 is 4.74 Å². The van der Waals surface area contributed by atoms with Crippen molar-refractivity contribution in [1.82, 2.24) is 14.1 Å². The van der Waals surface area contributed by atoms with Crippen LogP contribution in [0.1, 0.15) is 6.42 Å². The molecule has 1 saturated heterocycles. The fourth-order valence-electron chi connectivity index (χ4n) is 2.48. The third kappa shape index (κ3) is 1.98. The molecule has 2 aromatic heterocycles. The fourth-order valence-corrected chi connectivity index (χ4v) is 2.48. The van der Waals surface area contributed by atoms with E-state index in [1.165, 1.54) is 9.13 Å². The second-order valence-corrected chi connectivity index (χ2v) is 4.86. The van der Waals surface area contributed by atoms with Crippen molar-refractivity contribution in [2.24, 2.45) is 13.0 Å². The van der Waals surface area contributed by atoms with Crippen LogP contribution < -0.4 is 11.2 Å². The average Bonchev–Trinajstić information content (AvgIpc) is 2.94. The molecule has 0 aliphatic carbocycles. The Morgan fingerprint density at radius 2 is 2.32 bits per heavy atom. The van der Waals surface area contributed by atoms with Crippen molar-refractivity contribution in [3.05, 3.63) is 39.2 Å². The molecule has 0 radical (unpaired) electrons. The molecule has 1 aliphatic heterocycles. The summed E-state index contributed by atoms with van der Waals surface area (Å²) in [6, 6.07) is 3.45. The standard InChI is InChI=1S/C13H15N3O3/c1-15-10-3-2-5-14-11(10)12(17)16(13(15)18)7-9-4-6-19-8-9/h2-3,5,9H,4,6-8H2,1H3. The highest BCUT2D eigenvalue weighted by Gasteiger charge is 2.19. The van der Waals surface area contributed by atoms with Gasteiger partial charge in [0.2, 0.25) is 0 Å². The quantitative estimate of drug-likeness (QED) is 0.771. The lowest BCUT2D eigenvalue weighted by Crippen LogP contribution is -2.41. The molecular formula is C13H15N3O3. The number of nitrogens with zero attached hydrogens (tertiary/aromatic N) is 3. The van der Waals surface area contributed by atoms with Crippen LogP contribution in [-0.4, -0.2) is 27.3 Å². The summed E-state index contributed by atoms with van der Waals surface area (Å²) < 4.78 is 8.03. The van der Waals surface area contributed by atoms with E-state index in [0.717, 1.165) is 6.42 Å². The molecule has 0 amide bonds. The predicted molar refractivity (Wildman–Crippen MR) is 70.2 cm³/mol. The molecule has 6 nitrogen and oxygen atoms in total. The maximum atomic E-state index is 12.3. The summed E-state index contributed by atoms with van der Waals surface area (Å²) in [7, 11) is 1.66. The van der Waals surface area contributed by atoms with Gasteiger partial charge in [0.25, 0.3) is 5.56 Å². The van der Waals surface area contributed by atoms with Crippen LogP contribution in [0.15, 0.2) is 27.9 Å². The molecule has 0 bridgehead atoms. The lowest BCUT2D eigenvalue weighted by Gasteiger charge is -2.12. The number of hydrogen-bond donors (Lipinski definition) is 0. The minimum atomic E-state index is -0.314. The molecule has 1 unspecified atom stereocenters. The molecule has 6 heteroatoms. The molecule has 3 heterocycles. The second kappa shape index (κ2) is 4.62. The molecule has 2 aromatic rings. The first-order chi connectivity index (χ1) is 9.18.